The van der Waals surface area contributed by atoms with Gasteiger partial charge in [0.2, 0.25) is 0 Å². The fourth-order valence-corrected chi connectivity index (χ4v) is 3.37. The highest BCUT2D eigenvalue weighted by Gasteiger charge is 2.32. The minimum atomic E-state index is 0.0713. The number of hydrogen-bond donors (Lipinski definition) is 1. The first-order valence-corrected chi connectivity index (χ1v) is 7.22. The largest absolute Gasteiger partial charge is 0.312 e. The first-order chi connectivity index (χ1) is 8.57. The Labute approximate surface area is 114 Å². The van der Waals surface area contributed by atoms with Gasteiger partial charge in [0, 0.05) is 16.3 Å². The van der Waals surface area contributed by atoms with Crippen LogP contribution in [0.25, 0.3) is 0 Å². The summed E-state index contributed by atoms with van der Waals surface area (Å²) in [4.78, 5) is 1.40. The van der Waals surface area contributed by atoms with Crippen LogP contribution in [0.2, 0.25) is 0 Å². The van der Waals surface area contributed by atoms with Crippen molar-refractivity contribution in [2.75, 3.05) is 7.05 Å². The van der Waals surface area contributed by atoms with E-state index in [-0.39, 0.29) is 5.41 Å². The Balaban J connectivity index is 2.42. The van der Waals surface area contributed by atoms with Gasteiger partial charge in [0.25, 0.3) is 0 Å². The van der Waals surface area contributed by atoms with E-state index in [9.17, 15) is 0 Å². The first kappa shape index (κ1) is 13.3. The van der Waals surface area contributed by atoms with Gasteiger partial charge in [0.1, 0.15) is 0 Å². The summed E-state index contributed by atoms with van der Waals surface area (Å²) in [6.07, 6.45) is 0. The standard InChI is InChI=1S/C16H21NS/c1-12-14(10-11-18-12)15(17-4)16(2,3)13-8-6-5-7-9-13/h5-11,15,17H,1-4H3. The van der Waals surface area contributed by atoms with Crippen LogP contribution in [0.15, 0.2) is 41.8 Å². The molecule has 0 fully saturated rings. The maximum atomic E-state index is 3.49. The highest BCUT2D eigenvalue weighted by atomic mass is 32.1. The van der Waals surface area contributed by atoms with Gasteiger partial charge in [0.05, 0.1) is 0 Å². The van der Waals surface area contributed by atoms with Crippen molar-refractivity contribution in [3.05, 3.63) is 57.8 Å². The molecule has 1 nitrogen and oxygen atoms in total. The number of thiophene rings is 1. The molecule has 0 aliphatic rings. The molecule has 1 atom stereocenters. The third-order valence-corrected chi connectivity index (χ3v) is 4.60. The first-order valence-electron chi connectivity index (χ1n) is 6.34. The normalized spacial score (nSPS) is 13.6. The van der Waals surface area contributed by atoms with Crippen LogP contribution in [-0.2, 0) is 5.41 Å². The van der Waals surface area contributed by atoms with Crippen molar-refractivity contribution >= 4 is 11.3 Å². The molecular formula is C16H21NS. The average Bonchev–Trinajstić information content (AvgIpc) is 2.78. The minimum absolute atomic E-state index is 0.0713. The zero-order chi connectivity index (χ0) is 13.2. The molecule has 1 unspecified atom stereocenters. The Bertz CT molecular complexity index is 499. The Morgan fingerprint density at radius 2 is 1.78 bits per heavy atom. The Hall–Kier alpha value is -1.12. The molecule has 96 valence electrons. The molecule has 0 amide bonds. The molecule has 2 rings (SSSR count). The van der Waals surface area contributed by atoms with Crippen LogP contribution >= 0.6 is 11.3 Å². The molecule has 0 aliphatic heterocycles. The fourth-order valence-electron chi connectivity index (χ4n) is 2.63. The van der Waals surface area contributed by atoms with Gasteiger partial charge in [0.15, 0.2) is 0 Å². The maximum Gasteiger partial charge on any atom is 0.0421 e. The number of nitrogens with one attached hydrogen (secondary N) is 1. The lowest BCUT2D eigenvalue weighted by Crippen LogP contribution is -2.35. The van der Waals surface area contributed by atoms with E-state index in [4.69, 9.17) is 0 Å². The van der Waals surface area contributed by atoms with E-state index >= 15 is 0 Å². The van der Waals surface area contributed by atoms with Crippen LogP contribution in [-0.4, -0.2) is 7.05 Å². The Morgan fingerprint density at radius 1 is 1.11 bits per heavy atom. The molecule has 1 aromatic carbocycles. The topological polar surface area (TPSA) is 12.0 Å². The van der Waals surface area contributed by atoms with E-state index in [1.54, 1.807) is 0 Å². The summed E-state index contributed by atoms with van der Waals surface area (Å²) in [5, 5.41) is 5.67. The number of likely N-dealkylation sites (N-methyl/N-ethyl adjacent to an activating group) is 1. The summed E-state index contributed by atoms with van der Waals surface area (Å²) in [7, 11) is 2.05. The molecule has 2 aromatic rings. The van der Waals surface area contributed by atoms with Crippen molar-refractivity contribution in [1.82, 2.24) is 5.32 Å². The SMILES string of the molecule is CNC(c1ccsc1C)C(C)(C)c1ccccc1. The van der Waals surface area contributed by atoms with Gasteiger partial charge in [-0.25, -0.2) is 0 Å². The second-order valence-electron chi connectivity index (χ2n) is 5.24. The van der Waals surface area contributed by atoms with Crippen LogP contribution in [0.4, 0.5) is 0 Å². The molecule has 0 bridgehead atoms. The van der Waals surface area contributed by atoms with Crippen LogP contribution in [0.5, 0.6) is 0 Å². The maximum absolute atomic E-state index is 3.49. The van der Waals surface area contributed by atoms with Crippen LogP contribution in [0.3, 0.4) is 0 Å². The summed E-state index contributed by atoms with van der Waals surface area (Å²) in [6, 6.07) is 13.3. The van der Waals surface area contributed by atoms with Crippen molar-refractivity contribution in [2.24, 2.45) is 0 Å². The predicted octanol–water partition coefficient (Wildman–Crippen LogP) is 4.29. The molecule has 0 saturated carbocycles. The fraction of sp³-hybridized carbons (Fsp3) is 0.375. The summed E-state index contributed by atoms with van der Waals surface area (Å²) in [5.74, 6) is 0. The van der Waals surface area contributed by atoms with Crippen molar-refractivity contribution < 1.29 is 0 Å². The van der Waals surface area contributed by atoms with E-state index in [0.29, 0.717) is 6.04 Å². The van der Waals surface area contributed by atoms with E-state index < -0.39 is 0 Å². The van der Waals surface area contributed by atoms with Gasteiger partial charge in [-0.05, 0) is 36.5 Å². The molecule has 1 heterocycles. The lowest BCUT2D eigenvalue weighted by molar-refractivity contribution is 0.368. The number of rotatable bonds is 4. The zero-order valence-electron chi connectivity index (χ0n) is 11.5. The van der Waals surface area contributed by atoms with Gasteiger partial charge >= 0.3 is 0 Å². The average molecular weight is 259 g/mol. The molecule has 0 aliphatic carbocycles. The van der Waals surface area contributed by atoms with Crippen molar-refractivity contribution in [3.8, 4) is 0 Å². The van der Waals surface area contributed by atoms with Gasteiger partial charge < -0.3 is 5.32 Å². The molecule has 18 heavy (non-hydrogen) atoms. The third kappa shape index (κ3) is 2.36. The molecule has 2 heteroatoms. The second kappa shape index (κ2) is 5.25. The number of benzene rings is 1. The smallest absolute Gasteiger partial charge is 0.0421 e. The Morgan fingerprint density at radius 3 is 2.28 bits per heavy atom. The van der Waals surface area contributed by atoms with Crippen LogP contribution in [0, 0.1) is 6.92 Å². The predicted molar refractivity (Wildman–Crippen MR) is 80.3 cm³/mol. The molecule has 0 saturated heterocycles. The quantitative estimate of drug-likeness (QED) is 0.863. The second-order valence-corrected chi connectivity index (χ2v) is 6.36. The summed E-state index contributed by atoms with van der Waals surface area (Å²) >= 11 is 1.82. The van der Waals surface area contributed by atoms with Gasteiger partial charge in [-0.15, -0.1) is 11.3 Å². The third-order valence-electron chi connectivity index (χ3n) is 3.74. The van der Waals surface area contributed by atoms with Crippen molar-refractivity contribution in [1.29, 1.82) is 0 Å². The molecule has 0 radical (unpaired) electrons. The van der Waals surface area contributed by atoms with Gasteiger partial charge in [-0.2, -0.15) is 0 Å². The molecule has 1 aromatic heterocycles. The van der Waals surface area contributed by atoms with Crippen molar-refractivity contribution in [2.45, 2.75) is 32.2 Å². The minimum Gasteiger partial charge on any atom is -0.312 e. The highest BCUT2D eigenvalue weighted by molar-refractivity contribution is 7.10. The van der Waals surface area contributed by atoms with E-state index in [2.05, 4.69) is 67.9 Å². The lowest BCUT2D eigenvalue weighted by Gasteiger charge is -2.35. The van der Waals surface area contributed by atoms with E-state index in [0.717, 1.165) is 0 Å². The zero-order valence-corrected chi connectivity index (χ0v) is 12.3. The van der Waals surface area contributed by atoms with E-state index in [1.165, 1.54) is 16.0 Å². The molecule has 1 N–H and O–H groups in total. The summed E-state index contributed by atoms with van der Waals surface area (Å²) in [5.41, 5.74) is 2.85. The monoisotopic (exact) mass is 259 g/mol. The molecular weight excluding hydrogens is 238 g/mol. The van der Waals surface area contributed by atoms with Crippen LogP contribution < -0.4 is 5.32 Å². The van der Waals surface area contributed by atoms with Crippen LogP contribution in [0.1, 0.15) is 35.9 Å². The lowest BCUT2D eigenvalue weighted by atomic mass is 9.75. The number of hydrogen-bond acceptors (Lipinski definition) is 2. The summed E-state index contributed by atoms with van der Waals surface area (Å²) in [6.45, 7) is 6.81. The van der Waals surface area contributed by atoms with Crippen molar-refractivity contribution in [3.63, 3.8) is 0 Å². The van der Waals surface area contributed by atoms with Gasteiger partial charge in [-0.3, -0.25) is 0 Å². The molecule has 0 spiro atoms. The van der Waals surface area contributed by atoms with E-state index in [1.807, 2.05) is 18.4 Å². The number of aryl methyl sites for hydroxylation is 1. The van der Waals surface area contributed by atoms with Gasteiger partial charge in [-0.1, -0.05) is 44.2 Å². The highest BCUT2D eigenvalue weighted by Crippen LogP contribution is 2.38. The summed E-state index contributed by atoms with van der Waals surface area (Å²) < 4.78 is 0. The Kier molecular flexibility index (Phi) is 3.88.